The van der Waals surface area contributed by atoms with Gasteiger partial charge in [-0.25, -0.2) is 9.97 Å². The fourth-order valence-corrected chi connectivity index (χ4v) is 4.18. The van der Waals surface area contributed by atoms with Gasteiger partial charge in [0.2, 0.25) is 0 Å². The molecule has 1 N–H and O–H groups in total. The largest absolute Gasteiger partial charge is 0.395 e. The maximum absolute atomic E-state index is 9.02. The number of nitrogens with zero attached hydrogens (tertiary/aromatic N) is 4. The Hall–Kier alpha value is -1.86. The van der Waals surface area contributed by atoms with E-state index in [0.717, 1.165) is 49.5 Å². The summed E-state index contributed by atoms with van der Waals surface area (Å²) in [6.07, 6.45) is 4.54. The van der Waals surface area contributed by atoms with Gasteiger partial charge < -0.3 is 5.11 Å². The number of rotatable bonds is 5. The van der Waals surface area contributed by atoms with E-state index in [1.807, 2.05) is 0 Å². The first-order valence-corrected chi connectivity index (χ1v) is 9.40. The van der Waals surface area contributed by atoms with Gasteiger partial charge in [-0.3, -0.25) is 9.80 Å². The first kappa shape index (κ1) is 16.6. The molecular formula is C19H21N4OS. The van der Waals surface area contributed by atoms with Crippen molar-refractivity contribution in [2.45, 2.75) is 6.54 Å². The topological polar surface area (TPSA) is 52.5 Å². The molecule has 1 aromatic carbocycles. The Kier molecular flexibility index (Phi) is 5.03. The molecule has 0 spiro atoms. The molecule has 1 saturated heterocycles. The number of aromatic nitrogens is 2. The van der Waals surface area contributed by atoms with Gasteiger partial charge in [0.1, 0.15) is 17.4 Å². The summed E-state index contributed by atoms with van der Waals surface area (Å²) in [6, 6.07) is 10.9. The maximum Gasteiger partial charge on any atom is 0.127 e. The Morgan fingerprint density at radius 2 is 1.84 bits per heavy atom. The molecule has 3 aromatic rings. The van der Waals surface area contributed by atoms with Gasteiger partial charge in [-0.15, -0.1) is 11.3 Å². The highest BCUT2D eigenvalue weighted by Crippen LogP contribution is 2.31. The number of thiophene rings is 1. The van der Waals surface area contributed by atoms with Crippen molar-refractivity contribution in [1.29, 1.82) is 0 Å². The van der Waals surface area contributed by atoms with Crippen molar-refractivity contribution in [3.8, 4) is 10.4 Å². The molecule has 0 bridgehead atoms. The minimum absolute atomic E-state index is 0.253. The van der Waals surface area contributed by atoms with Crippen LogP contribution < -0.4 is 0 Å². The van der Waals surface area contributed by atoms with Crippen LogP contribution in [-0.2, 0) is 6.54 Å². The average molecular weight is 353 g/mol. The predicted molar refractivity (Wildman–Crippen MR) is 100 cm³/mol. The molecule has 129 valence electrons. The zero-order valence-electron chi connectivity index (χ0n) is 14.1. The van der Waals surface area contributed by atoms with Gasteiger partial charge in [0.15, 0.2) is 0 Å². The van der Waals surface area contributed by atoms with Crippen molar-refractivity contribution in [1.82, 2.24) is 19.8 Å². The van der Waals surface area contributed by atoms with Crippen molar-refractivity contribution >= 4 is 21.6 Å². The van der Waals surface area contributed by atoms with Gasteiger partial charge in [0.05, 0.1) is 6.61 Å². The van der Waals surface area contributed by atoms with Crippen LogP contribution in [0.4, 0.5) is 0 Å². The van der Waals surface area contributed by atoms with Crippen LogP contribution in [0.2, 0.25) is 0 Å². The summed E-state index contributed by atoms with van der Waals surface area (Å²) >= 11 is 1.68. The highest BCUT2D eigenvalue weighted by atomic mass is 32.1. The zero-order valence-corrected chi connectivity index (χ0v) is 14.9. The van der Waals surface area contributed by atoms with Crippen LogP contribution in [-0.4, -0.2) is 64.2 Å². The fourth-order valence-electron chi connectivity index (χ4n) is 3.22. The van der Waals surface area contributed by atoms with Gasteiger partial charge in [-0.2, -0.15) is 0 Å². The second-order valence-corrected chi connectivity index (χ2v) is 7.38. The van der Waals surface area contributed by atoms with E-state index in [9.17, 15) is 0 Å². The molecule has 4 rings (SSSR count). The molecule has 0 amide bonds. The van der Waals surface area contributed by atoms with E-state index >= 15 is 0 Å². The summed E-state index contributed by atoms with van der Waals surface area (Å²) in [5.41, 5.74) is 2.56. The maximum atomic E-state index is 9.02. The zero-order chi connectivity index (χ0) is 17.1. The lowest BCUT2D eigenvalue weighted by molar-refractivity contribution is 0.108. The number of fused-ring (bicyclic) bond motifs is 1. The normalized spacial score (nSPS) is 16.5. The van der Waals surface area contributed by atoms with E-state index in [0.29, 0.717) is 0 Å². The van der Waals surface area contributed by atoms with Crippen molar-refractivity contribution in [2.75, 3.05) is 39.3 Å². The van der Waals surface area contributed by atoms with E-state index in [4.69, 9.17) is 5.11 Å². The van der Waals surface area contributed by atoms with Gasteiger partial charge in [0.25, 0.3) is 0 Å². The molecule has 0 aliphatic carbocycles. The van der Waals surface area contributed by atoms with Crippen LogP contribution in [0, 0.1) is 6.20 Å². The van der Waals surface area contributed by atoms with Crippen LogP contribution in [0.3, 0.4) is 0 Å². The number of hydrogen-bond acceptors (Lipinski definition) is 6. The van der Waals surface area contributed by atoms with Crippen LogP contribution in [0.15, 0.2) is 36.7 Å². The standard InChI is InChI=1S/C19H21N4OS/c24-10-9-22-5-7-23(8-6-22)13-15-1-3-16(4-2-15)18-11-17-12-20-14-21-19(17)25-18/h1-4,11,14,24H,5-10,13H2. The molecular weight excluding hydrogens is 332 g/mol. The summed E-state index contributed by atoms with van der Waals surface area (Å²) in [5, 5.41) is 10.0. The second kappa shape index (κ2) is 7.58. The summed E-state index contributed by atoms with van der Waals surface area (Å²) < 4.78 is 0. The summed E-state index contributed by atoms with van der Waals surface area (Å²) in [6.45, 7) is 6.23. The number of β-amino-alcohol motifs (C(OH)–C–C–N with tert-alkyl or cyclic N) is 1. The highest BCUT2D eigenvalue weighted by molar-refractivity contribution is 7.21. The number of benzene rings is 1. The van der Waals surface area contributed by atoms with Crippen molar-refractivity contribution in [3.63, 3.8) is 0 Å². The fraction of sp³-hybridized carbons (Fsp3) is 0.368. The molecule has 5 nitrogen and oxygen atoms in total. The van der Waals surface area contributed by atoms with E-state index in [1.54, 1.807) is 17.7 Å². The van der Waals surface area contributed by atoms with Crippen LogP contribution in [0.25, 0.3) is 20.7 Å². The SMILES string of the molecule is OCCN1CCN(Cc2ccc(-c3cc4[c]ncnc4s3)cc2)CC1. The lowest BCUT2D eigenvalue weighted by atomic mass is 10.1. The molecule has 25 heavy (non-hydrogen) atoms. The Bertz CT molecular complexity index is 792. The minimum atomic E-state index is 0.253. The number of piperazine rings is 1. The van der Waals surface area contributed by atoms with Crippen molar-refractivity contribution in [2.24, 2.45) is 0 Å². The Morgan fingerprint density at radius 1 is 1.08 bits per heavy atom. The Morgan fingerprint density at radius 3 is 2.56 bits per heavy atom. The monoisotopic (exact) mass is 353 g/mol. The minimum Gasteiger partial charge on any atom is -0.395 e. The molecule has 0 atom stereocenters. The Balaban J connectivity index is 1.40. The van der Waals surface area contributed by atoms with Gasteiger partial charge >= 0.3 is 0 Å². The summed E-state index contributed by atoms with van der Waals surface area (Å²) in [7, 11) is 0. The third-order valence-electron chi connectivity index (χ3n) is 4.66. The van der Waals surface area contributed by atoms with E-state index in [1.165, 1.54) is 16.0 Å². The average Bonchev–Trinajstić information content (AvgIpc) is 3.08. The number of hydrogen-bond donors (Lipinski definition) is 1. The van der Waals surface area contributed by atoms with E-state index < -0.39 is 0 Å². The molecule has 1 aliphatic heterocycles. The summed E-state index contributed by atoms with van der Waals surface area (Å²) in [4.78, 5) is 15.2. The van der Waals surface area contributed by atoms with E-state index in [-0.39, 0.29) is 6.61 Å². The summed E-state index contributed by atoms with van der Waals surface area (Å²) in [5.74, 6) is 0. The lowest BCUT2D eigenvalue weighted by Gasteiger charge is -2.34. The first-order valence-electron chi connectivity index (χ1n) is 8.59. The smallest absolute Gasteiger partial charge is 0.127 e. The quantitative estimate of drug-likeness (QED) is 0.763. The first-order chi connectivity index (χ1) is 12.3. The van der Waals surface area contributed by atoms with Crippen LogP contribution in [0.1, 0.15) is 5.56 Å². The van der Waals surface area contributed by atoms with Crippen LogP contribution in [0.5, 0.6) is 0 Å². The predicted octanol–water partition coefficient (Wildman–Crippen LogP) is 2.27. The Labute approximate surface area is 151 Å². The second-order valence-electron chi connectivity index (χ2n) is 6.35. The molecule has 1 fully saturated rings. The molecule has 3 heterocycles. The van der Waals surface area contributed by atoms with Crippen molar-refractivity contribution in [3.05, 3.63) is 48.4 Å². The molecule has 0 saturated carbocycles. The molecule has 0 unspecified atom stereocenters. The molecule has 2 aromatic heterocycles. The number of aliphatic hydroxyl groups is 1. The molecule has 1 aliphatic rings. The molecule has 6 heteroatoms. The van der Waals surface area contributed by atoms with Gasteiger partial charge in [0, 0.05) is 49.5 Å². The van der Waals surface area contributed by atoms with Crippen LogP contribution >= 0.6 is 11.3 Å². The third kappa shape index (κ3) is 3.88. The molecule has 1 radical (unpaired) electrons. The highest BCUT2D eigenvalue weighted by Gasteiger charge is 2.16. The lowest BCUT2D eigenvalue weighted by Crippen LogP contribution is -2.46. The van der Waals surface area contributed by atoms with Crippen molar-refractivity contribution < 1.29 is 5.11 Å². The number of aliphatic hydroxyl groups excluding tert-OH is 1. The van der Waals surface area contributed by atoms with E-state index in [2.05, 4.69) is 56.3 Å². The van der Waals surface area contributed by atoms with Gasteiger partial charge in [-0.05, 0) is 17.2 Å². The van der Waals surface area contributed by atoms with Gasteiger partial charge in [-0.1, -0.05) is 24.3 Å². The third-order valence-corrected chi connectivity index (χ3v) is 5.75.